The van der Waals surface area contributed by atoms with Gasteiger partial charge in [0, 0.05) is 19.8 Å². The predicted octanol–water partition coefficient (Wildman–Crippen LogP) is 0.786. The molecule has 1 N–H and O–H groups in total. The van der Waals surface area contributed by atoms with Crippen molar-refractivity contribution in [3.63, 3.8) is 0 Å². The lowest BCUT2D eigenvalue weighted by atomic mass is 9.85. The number of rotatable bonds is 5. The summed E-state index contributed by atoms with van der Waals surface area (Å²) in [5.74, 6) is -0.0652. The molecule has 5 nitrogen and oxygen atoms in total. The fraction of sp³-hybridized carbons (Fsp3) is 0.846. The normalized spacial score (nSPS) is 21.1. The van der Waals surface area contributed by atoms with Gasteiger partial charge in [-0.15, -0.1) is 0 Å². The SMILES string of the molecule is CCOCCCN1CC(=O)NC(C(C)(C)C)C1=O. The molecule has 0 radical (unpaired) electrons. The summed E-state index contributed by atoms with van der Waals surface area (Å²) in [6, 6.07) is -0.425. The van der Waals surface area contributed by atoms with Crippen LogP contribution in [0.1, 0.15) is 34.1 Å². The molecule has 0 spiro atoms. The van der Waals surface area contributed by atoms with Crippen molar-refractivity contribution < 1.29 is 14.3 Å². The second-order valence-electron chi connectivity index (χ2n) is 5.68. The van der Waals surface area contributed by atoms with Gasteiger partial charge in [-0.2, -0.15) is 0 Å². The van der Waals surface area contributed by atoms with E-state index in [-0.39, 0.29) is 23.8 Å². The van der Waals surface area contributed by atoms with E-state index in [0.29, 0.717) is 19.8 Å². The average Bonchev–Trinajstić information content (AvgIpc) is 2.27. The number of piperazine rings is 1. The highest BCUT2D eigenvalue weighted by Crippen LogP contribution is 2.23. The summed E-state index contributed by atoms with van der Waals surface area (Å²) in [5.41, 5.74) is -0.259. The van der Waals surface area contributed by atoms with Gasteiger partial charge in [-0.25, -0.2) is 0 Å². The van der Waals surface area contributed by atoms with Crippen LogP contribution in [0.3, 0.4) is 0 Å². The zero-order chi connectivity index (χ0) is 13.8. The van der Waals surface area contributed by atoms with E-state index in [1.54, 1.807) is 4.90 Å². The molecule has 1 atom stereocenters. The number of nitrogens with one attached hydrogen (secondary N) is 1. The molecule has 2 amide bonds. The Morgan fingerprint density at radius 3 is 2.61 bits per heavy atom. The third-order valence-electron chi connectivity index (χ3n) is 2.99. The van der Waals surface area contributed by atoms with E-state index in [0.717, 1.165) is 6.42 Å². The fourth-order valence-corrected chi connectivity index (χ4v) is 1.98. The van der Waals surface area contributed by atoms with Crippen LogP contribution in [0, 0.1) is 5.41 Å². The van der Waals surface area contributed by atoms with E-state index >= 15 is 0 Å². The van der Waals surface area contributed by atoms with Gasteiger partial charge in [0.15, 0.2) is 0 Å². The molecule has 1 aliphatic rings. The lowest BCUT2D eigenvalue weighted by Gasteiger charge is -2.38. The van der Waals surface area contributed by atoms with Gasteiger partial charge in [0.05, 0.1) is 6.54 Å². The van der Waals surface area contributed by atoms with Crippen LogP contribution in [0.4, 0.5) is 0 Å². The van der Waals surface area contributed by atoms with Gasteiger partial charge in [-0.05, 0) is 18.8 Å². The molecule has 0 aromatic rings. The molecule has 0 saturated carbocycles. The molecule has 0 aromatic heterocycles. The summed E-state index contributed by atoms with van der Waals surface area (Å²) in [6.45, 7) is 9.87. The molecule has 1 unspecified atom stereocenters. The van der Waals surface area contributed by atoms with Crippen molar-refractivity contribution in [2.45, 2.75) is 40.2 Å². The zero-order valence-corrected chi connectivity index (χ0v) is 11.8. The maximum Gasteiger partial charge on any atom is 0.246 e. The van der Waals surface area contributed by atoms with E-state index in [2.05, 4.69) is 5.32 Å². The molecule has 0 aliphatic carbocycles. The van der Waals surface area contributed by atoms with Crippen molar-refractivity contribution in [3.05, 3.63) is 0 Å². The number of carbonyl (C=O) groups excluding carboxylic acids is 2. The first-order valence-electron chi connectivity index (χ1n) is 6.52. The van der Waals surface area contributed by atoms with Crippen molar-refractivity contribution in [3.8, 4) is 0 Å². The molecule has 0 aromatic carbocycles. The first kappa shape index (κ1) is 15.0. The Hall–Kier alpha value is -1.10. The van der Waals surface area contributed by atoms with Crippen LogP contribution in [0.5, 0.6) is 0 Å². The minimum Gasteiger partial charge on any atom is -0.382 e. The van der Waals surface area contributed by atoms with E-state index in [1.165, 1.54) is 0 Å². The van der Waals surface area contributed by atoms with Crippen LogP contribution in [0.15, 0.2) is 0 Å². The number of hydrogen-bond donors (Lipinski definition) is 1. The molecule has 1 rings (SSSR count). The van der Waals surface area contributed by atoms with Crippen molar-refractivity contribution in [1.82, 2.24) is 10.2 Å². The second kappa shape index (κ2) is 6.18. The van der Waals surface area contributed by atoms with Crippen molar-refractivity contribution in [2.75, 3.05) is 26.3 Å². The lowest BCUT2D eigenvalue weighted by molar-refractivity contribution is -0.147. The monoisotopic (exact) mass is 256 g/mol. The summed E-state index contributed by atoms with van der Waals surface area (Å²) < 4.78 is 5.24. The van der Waals surface area contributed by atoms with E-state index in [4.69, 9.17) is 4.74 Å². The highest BCUT2D eigenvalue weighted by atomic mass is 16.5. The number of ether oxygens (including phenoxy) is 1. The lowest BCUT2D eigenvalue weighted by Crippen LogP contribution is -2.62. The quantitative estimate of drug-likeness (QED) is 0.740. The first-order valence-corrected chi connectivity index (χ1v) is 6.52. The molecule has 18 heavy (non-hydrogen) atoms. The zero-order valence-electron chi connectivity index (χ0n) is 11.8. The summed E-state index contributed by atoms with van der Waals surface area (Å²) in [7, 11) is 0. The van der Waals surface area contributed by atoms with Crippen molar-refractivity contribution in [1.29, 1.82) is 0 Å². The number of amides is 2. The molecule has 5 heteroatoms. The molecule has 1 fully saturated rings. The highest BCUT2D eigenvalue weighted by molar-refractivity contribution is 5.95. The number of hydrogen-bond acceptors (Lipinski definition) is 3. The van der Waals surface area contributed by atoms with E-state index < -0.39 is 6.04 Å². The predicted molar refractivity (Wildman–Crippen MR) is 69.1 cm³/mol. The van der Waals surface area contributed by atoms with Crippen LogP contribution in [0.25, 0.3) is 0 Å². The van der Waals surface area contributed by atoms with Crippen molar-refractivity contribution >= 4 is 11.8 Å². The second-order valence-corrected chi connectivity index (χ2v) is 5.68. The average molecular weight is 256 g/mol. The first-order chi connectivity index (χ1) is 8.36. The van der Waals surface area contributed by atoms with E-state index in [1.807, 2.05) is 27.7 Å². The maximum atomic E-state index is 12.3. The van der Waals surface area contributed by atoms with E-state index in [9.17, 15) is 9.59 Å². The maximum absolute atomic E-state index is 12.3. The standard InChI is InChI=1S/C13H24N2O3/c1-5-18-8-6-7-15-9-10(16)14-11(12(15)17)13(2,3)4/h11H,5-9H2,1-4H3,(H,14,16). The highest BCUT2D eigenvalue weighted by Gasteiger charge is 2.39. The van der Waals surface area contributed by atoms with Gasteiger partial charge in [0.2, 0.25) is 11.8 Å². The van der Waals surface area contributed by atoms with Crippen LogP contribution >= 0.6 is 0 Å². The van der Waals surface area contributed by atoms with Gasteiger partial charge >= 0.3 is 0 Å². The Kier molecular flexibility index (Phi) is 5.14. The van der Waals surface area contributed by atoms with Gasteiger partial charge in [0.25, 0.3) is 0 Å². The molecule has 1 saturated heterocycles. The fourth-order valence-electron chi connectivity index (χ4n) is 1.98. The van der Waals surface area contributed by atoms with Gasteiger partial charge in [-0.3, -0.25) is 9.59 Å². The Balaban J connectivity index is 2.57. The molecule has 1 aliphatic heterocycles. The summed E-state index contributed by atoms with van der Waals surface area (Å²) in [5, 5.41) is 2.78. The Morgan fingerprint density at radius 1 is 1.39 bits per heavy atom. The molecular formula is C13H24N2O3. The molecular weight excluding hydrogens is 232 g/mol. The largest absolute Gasteiger partial charge is 0.382 e. The minimum atomic E-state index is -0.425. The third kappa shape index (κ3) is 3.98. The minimum absolute atomic E-state index is 0.0126. The number of carbonyl (C=O) groups is 2. The third-order valence-corrected chi connectivity index (χ3v) is 2.99. The Labute approximate surface area is 109 Å². The van der Waals surface area contributed by atoms with Gasteiger partial charge in [-0.1, -0.05) is 20.8 Å². The summed E-state index contributed by atoms with van der Waals surface area (Å²) in [4.78, 5) is 25.5. The smallest absolute Gasteiger partial charge is 0.246 e. The molecule has 104 valence electrons. The number of nitrogens with zero attached hydrogens (tertiary/aromatic N) is 1. The van der Waals surface area contributed by atoms with Gasteiger partial charge in [0.1, 0.15) is 6.04 Å². The Bertz CT molecular complexity index is 310. The van der Waals surface area contributed by atoms with Crippen LogP contribution in [-0.2, 0) is 14.3 Å². The van der Waals surface area contributed by atoms with Gasteiger partial charge < -0.3 is 15.0 Å². The van der Waals surface area contributed by atoms with Crippen LogP contribution in [-0.4, -0.2) is 49.1 Å². The van der Waals surface area contributed by atoms with Crippen molar-refractivity contribution in [2.24, 2.45) is 5.41 Å². The topological polar surface area (TPSA) is 58.6 Å². The summed E-state index contributed by atoms with van der Waals surface area (Å²) >= 11 is 0. The Morgan fingerprint density at radius 2 is 2.06 bits per heavy atom. The molecule has 0 bridgehead atoms. The molecule has 1 heterocycles. The van der Waals surface area contributed by atoms with Crippen LogP contribution < -0.4 is 5.32 Å². The van der Waals surface area contributed by atoms with Crippen LogP contribution in [0.2, 0.25) is 0 Å². The summed E-state index contributed by atoms with van der Waals surface area (Å²) in [6.07, 6.45) is 0.768.